The first-order chi connectivity index (χ1) is 10.1. The lowest BCUT2D eigenvalue weighted by atomic mass is 9.94. The average molecular weight is 409 g/mol. The summed E-state index contributed by atoms with van der Waals surface area (Å²) < 4.78 is 15.9. The van der Waals surface area contributed by atoms with Crippen LogP contribution in [0, 0.1) is 5.82 Å². The lowest BCUT2D eigenvalue weighted by molar-refractivity contribution is 0.600. The minimum atomic E-state index is -0.513. The first-order valence-electron chi connectivity index (χ1n) is 6.45. The van der Waals surface area contributed by atoms with Gasteiger partial charge in [0.25, 0.3) is 0 Å². The molecule has 0 saturated heterocycles. The maximum atomic E-state index is 14.1. The smallest absolute Gasteiger partial charge is 0.128 e. The van der Waals surface area contributed by atoms with E-state index in [1.54, 1.807) is 12.1 Å². The van der Waals surface area contributed by atoms with Crippen LogP contribution in [-0.4, -0.2) is 0 Å². The molecule has 0 aliphatic carbocycles. The molecule has 106 valence electrons. The van der Waals surface area contributed by atoms with Crippen LogP contribution < -0.4 is 5.73 Å². The second kappa shape index (κ2) is 5.87. The quantitative estimate of drug-likeness (QED) is 0.590. The van der Waals surface area contributed by atoms with Crippen LogP contribution in [-0.2, 0) is 0 Å². The van der Waals surface area contributed by atoms with E-state index >= 15 is 0 Å². The molecule has 0 saturated carbocycles. The molecule has 1 unspecified atom stereocenters. The van der Waals surface area contributed by atoms with Gasteiger partial charge in [-0.3, -0.25) is 0 Å². The molecule has 4 heteroatoms. The van der Waals surface area contributed by atoms with E-state index < -0.39 is 6.04 Å². The van der Waals surface area contributed by atoms with Crippen LogP contribution in [0.2, 0.25) is 0 Å². The standard InChI is InChI=1S/C17H12Br2FN/c18-10-5-8-16(20)14(9-10)17(21)13-6-7-15(19)12-4-2-1-3-11(12)13/h1-9,17H,21H2. The van der Waals surface area contributed by atoms with E-state index in [4.69, 9.17) is 5.73 Å². The fourth-order valence-corrected chi connectivity index (χ4v) is 3.33. The molecule has 3 rings (SSSR count). The highest BCUT2D eigenvalue weighted by Crippen LogP contribution is 2.33. The van der Waals surface area contributed by atoms with E-state index in [9.17, 15) is 4.39 Å². The molecule has 2 N–H and O–H groups in total. The Labute approximate surface area is 139 Å². The van der Waals surface area contributed by atoms with E-state index in [-0.39, 0.29) is 5.82 Å². The number of rotatable bonds is 2. The monoisotopic (exact) mass is 407 g/mol. The van der Waals surface area contributed by atoms with Gasteiger partial charge in [0.1, 0.15) is 5.82 Å². The number of hydrogen-bond acceptors (Lipinski definition) is 1. The molecule has 0 aliphatic rings. The summed E-state index contributed by atoms with van der Waals surface area (Å²) in [4.78, 5) is 0. The number of fused-ring (bicyclic) bond motifs is 1. The summed E-state index contributed by atoms with van der Waals surface area (Å²) >= 11 is 6.91. The SMILES string of the molecule is NC(c1cc(Br)ccc1F)c1ccc(Br)c2ccccc12. The summed E-state index contributed by atoms with van der Waals surface area (Å²) in [5, 5.41) is 2.10. The summed E-state index contributed by atoms with van der Waals surface area (Å²) in [6, 6.07) is 16.2. The Bertz CT molecular complexity index is 817. The topological polar surface area (TPSA) is 26.0 Å². The summed E-state index contributed by atoms with van der Waals surface area (Å²) in [5.74, 6) is -0.294. The first kappa shape index (κ1) is 14.7. The lowest BCUT2D eigenvalue weighted by Crippen LogP contribution is -2.14. The van der Waals surface area contributed by atoms with Gasteiger partial charge in [-0.1, -0.05) is 62.2 Å². The van der Waals surface area contributed by atoms with Crippen molar-refractivity contribution in [2.24, 2.45) is 5.73 Å². The molecule has 3 aromatic rings. The number of nitrogens with two attached hydrogens (primary N) is 1. The van der Waals surface area contributed by atoms with Gasteiger partial charge in [-0.05, 0) is 40.6 Å². The van der Waals surface area contributed by atoms with Gasteiger partial charge < -0.3 is 5.73 Å². The van der Waals surface area contributed by atoms with Crippen molar-refractivity contribution in [3.8, 4) is 0 Å². The highest BCUT2D eigenvalue weighted by Gasteiger charge is 2.17. The highest BCUT2D eigenvalue weighted by atomic mass is 79.9. The van der Waals surface area contributed by atoms with Gasteiger partial charge in [0.15, 0.2) is 0 Å². The van der Waals surface area contributed by atoms with Gasteiger partial charge in [-0.15, -0.1) is 0 Å². The molecule has 0 heterocycles. The molecule has 1 atom stereocenters. The average Bonchev–Trinajstić information content (AvgIpc) is 2.50. The lowest BCUT2D eigenvalue weighted by Gasteiger charge is -2.17. The van der Waals surface area contributed by atoms with Gasteiger partial charge in [-0.2, -0.15) is 0 Å². The summed E-state index contributed by atoms with van der Waals surface area (Å²) in [6.45, 7) is 0. The van der Waals surface area contributed by atoms with Crippen molar-refractivity contribution in [2.45, 2.75) is 6.04 Å². The summed E-state index contributed by atoms with van der Waals surface area (Å²) in [7, 11) is 0. The van der Waals surface area contributed by atoms with Gasteiger partial charge in [0.2, 0.25) is 0 Å². The number of halogens is 3. The van der Waals surface area contributed by atoms with Crippen molar-refractivity contribution in [1.82, 2.24) is 0 Å². The highest BCUT2D eigenvalue weighted by molar-refractivity contribution is 9.11. The minimum Gasteiger partial charge on any atom is -0.320 e. The van der Waals surface area contributed by atoms with Crippen molar-refractivity contribution in [3.63, 3.8) is 0 Å². The molecule has 0 aromatic heterocycles. The summed E-state index contributed by atoms with van der Waals surface area (Å²) in [6.07, 6.45) is 0. The van der Waals surface area contributed by atoms with Crippen LogP contribution in [0.5, 0.6) is 0 Å². The predicted octanol–water partition coefficient (Wildman–Crippen LogP) is 5.55. The Morgan fingerprint density at radius 2 is 1.57 bits per heavy atom. The number of benzene rings is 3. The molecule has 0 fully saturated rings. The third kappa shape index (κ3) is 2.76. The molecule has 0 aliphatic heterocycles. The van der Waals surface area contributed by atoms with Crippen molar-refractivity contribution in [3.05, 3.63) is 80.5 Å². The third-order valence-corrected chi connectivity index (χ3v) is 4.72. The van der Waals surface area contributed by atoms with Crippen molar-refractivity contribution < 1.29 is 4.39 Å². The zero-order chi connectivity index (χ0) is 15.0. The Kier molecular flexibility index (Phi) is 4.11. The van der Waals surface area contributed by atoms with Gasteiger partial charge >= 0.3 is 0 Å². The van der Waals surface area contributed by atoms with Crippen LogP contribution >= 0.6 is 31.9 Å². The molecule has 0 radical (unpaired) electrons. The zero-order valence-electron chi connectivity index (χ0n) is 11.0. The zero-order valence-corrected chi connectivity index (χ0v) is 14.2. The number of hydrogen-bond donors (Lipinski definition) is 1. The predicted molar refractivity (Wildman–Crippen MR) is 91.8 cm³/mol. The van der Waals surface area contributed by atoms with Crippen LogP contribution in [0.1, 0.15) is 17.2 Å². The fourth-order valence-electron chi connectivity index (χ4n) is 2.48. The first-order valence-corrected chi connectivity index (χ1v) is 8.04. The fraction of sp³-hybridized carbons (Fsp3) is 0.0588. The van der Waals surface area contributed by atoms with Crippen LogP contribution in [0.4, 0.5) is 4.39 Å². The Morgan fingerprint density at radius 3 is 2.33 bits per heavy atom. The van der Waals surface area contributed by atoms with E-state index in [1.807, 2.05) is 36.4 Å². The van der Waals surface area contributed by atoms with Crippen LogP contribution in [0.15, 0.2) is 63.5 Å². The van der Waals surface area contributed by atoms with Crippen LogP contribution in [0.25, 0.3) is 10.8 Å². The maximum Gasteiger partial charge on any atom is 0.128 e. The van der Waals surface area contributed by atoms with E-state index in [0.29, 0.717) is 5.56 Å². The molecule has 0 amide bonds. The van der Waals surface area contributed by atoms with Crippen molar-refractivity contribution >= 4 is 42.6 Å². The molecular formula is C17H12Br2FN. The van der Waals surface area contributed by atoms with E-state index in [2.05, 4.69) is 31.9 Å². The molecule has 21 heavy (non-hydrogen) atoms. The Balaban J connectivity index is 2.20. The molecular weight excluding hydrogens is 397 g/mol. The largest absolute Gasteiger partial charge is 0.320 e. The van der Waals surface area contributed by atoms with Gasteiger partial charge in [0, 0.05) is 14.5 Å². The Hall–Kier alpha value is -1.23. The van der Waals surface area contributed by atoms with Gasteiger partial charge in [-0.25, -0.2) is 4.39 Å². The van der Waals surface area contributed by atoms with Crippen LogP contribution in [0.3, 0.4) is 0 Å². The maximum absolute atomic E-state index is 14.1. The third-order valence-electron chi connectivity index (χ3n) is 3.53. The molecule has 0 spiro atoms. The minimum absolute atomic E-state index is 0.294. The second-order valence-corrected chi connectivity index (χ2v) is 6.60. The summed E-state index contributed by atoms with van der Waals surface area (Å²) in [5.41, 5.74) is 7.72. The normalized spacial score (nSPS) is 12.6. The van der Waals surface area contributed by atoms with Crippen molar-refractivity contribution in [1.29, 1.82) is 0 Å². The van der Waals surface area contributed by atoms with Gasteiger partial charge in [0.05, 0.1) is 6.04 Å². The molecule has 1 nitrogen and oxygen atoms in total. The van der Waals surface area contributed by atoms with E-state index in [0.717, 1.165) is 25.3 Å². The molecule has 3 aromatic carbocycles. The Morgan fingerprint density at radius 1 is 0.857 bits per heavy atom. The van der Waals surface area contributed by atoms with E-state index in [1.165, 1.54) is 6.07 Å². The second-order valence-electron chi connectivity index (χ2n) is 4.83. The van der Waals surface area contributed by atoms with Crippen molar-refractivity contribution in [2.75, 3.05) is 0 Å². The molecule has 0 bridgehead atoms.